The first-order valence-corrected chi connectivity index (χ1v) is 10.6. The minimum Gasteiger partial charge on any atom is -0.462 e. The zero-order valence-electron chi connectivity index (χ0n) is 19.0. The lowest BCUT2D eigenvalue weighted by molar-refractivity contribution is -0.145. The summed E-state index contributed by atoms with van der Waals surface area (Å²) in [4.78, 5) is 32.7. The Balaban J connectivity index is 1.36. The molecular formula is C23H23N5O6. The fourth-order valence-corrected chi connectivity index (χ4v) is 3.29. The molecule has 4 rings (SSSR count). The van der Waals surface area contributed by atoms with Crippen LogP contribution in [0.15, 0.2) is 33.1 Å². The molecule has 0 atom stereocenters. The summed E-state index contributed by atoms with van der Waals surface area (Å²) >= 11 is 0. The zero-order valence-corrected chi connectivity index (χ0v) is 19.0. The standard InChI is InChI=1S/C23H23N5O6/c1-4-31-23(30)18-13(3)33-22-19(18)20(24)25-15(26-22)11-32-17(29)10-9-16-27-28-21(34-16)14-7-5-12(2)6-8-14/h5-8H,4,9-11H2,1-3H3,(H2,24,25,26). The van der Waals surface area contributed by atoms with Crippen LogP contribution in [-0.4, -0.2) is 38.7 Å². The number of hydrogen-bond acceptors (Lipinski definition) is 11. The SMILES string of the molecule is CCOC(=O)c1c(C)oc2nc(COC(=O)CCc3nnc(-c4ccc(C)cc4)o3)nc(N)c12. The van der Waals surface area contributed by atoms with Crippen molar-refractivity contribution in [2.24, 2.45) is 0 Å². The minimum atomic E-state index is -0.570. The number of anilines is 1. The number of benzene rings is 1. The molecule has 0 amide bonds. The van der Waals surface area contributed by atoms with Crippen LogP contribution < -0.4 is 5.73 Å². The Labute approximate surface area is 194 Å². The van der Waals surface area contributed by atoms with E-state index in [-0.39, 0.29) is 54.4 Å². The lowest BCUT2D eigenvalue weighted by Crippen LogP contribution is -2.10. The number of aromatic nitrogens is 4. The Bertz CT molecular complexity index is 1340. The highest BCUT2D eigenvalue weighted by atomic mass is 16.5. The topological polar surface area (TPSA) is 156 Å². The molecule has 0 saturated carbocycles. The van der Waals surface area contributed by atoms with Crippen LogP contribution in [0.5, 0.6) is 0 Å². The van der Waals surface area contributed by atoms with E-state index < -0.39 is 11.9 Å². The number of fused-ring (bicyclic) bond motifs is 1. The third kappa shape index (κ3) is 4.87. The molecule has 11 heteroatoms. The quantitative estimate of drug-likeness (QED) is 0.381. The van der Waals surface area contributed by atoms with E-state index in [4.69, 9.17) is 24.0 Å². The summed E-state index contributed by atoms with van der Waals surface area (Å²) < 4.78 is 21.4. The van der Waals surface area contributed by atoms with Crippen molar-refractivity contribution in [2.45, 2.75) is 40.2 Å². The molecule has 0 bridgehead atoms. The molecule has 3 aromatic heterocycles. The Morgan fingerprint density at radius 1 is 1.03 bits per heavy atom. The average molecular weight is 465 g/mol. The first kappa shape index (κ1) is 22.9. The van der Waals surface area contributed by atoms with Crippen LogP contribution in [0.4, 0.5) is 5.82 Å². The summed E-state index contributed by atoms with van der Waals surface area (Å²) in [5, 5.41) is 8.26. The molecule has 0 aliphatic heterocycles. The van der Waals surface area contributed by atoms with E-state index in [1.54, 1.807) is 13.8 Å². The Morgan fingerprint density at radius 3 is 2.53 bits per heavy atom. The van der Waals surface area contributed by atoms with E-state index in [9.17, 15) is 9.59 Å². The largest absolute Gasteiger partial charge is 0.462 e. The fourth-order valence-electron chi connectivity index (χ4n) is 3.29. The van der Waals surface area contributed by atoms with E-state index in [0.29, 0.717) is 17.5 Å². The smallest absolute Gasteiger partial charge is 0.342 e. The van der Waals surface area contributed by atoms with Gasteiger partial charge in [0.1, 0.15) is 17.1 Å². The number of hydrogen-bond donors (Lipinski definition) is 1. The molecule has 0 aliphatic rings. The van der Waals surface area contributed by atoms with Gasteiger partial charge in [0.2, 0.25) is 17.5 Å². The van der Waals surface area contributed by atoms with E-state index in [1.165, 1.54) is 0 Å². The molecule has 11 nitrogen and oxygen atoms in total. The molecule has 0 spiro atoms. The molecule has 4 aromatic rings. The number of ether oxygens (including phenoxy) is 2. The summed E-state index contributed by atoms with van der Waals surface area (Å²) in [7, 11) is 0. The maximum absolute atomic E-state index is 12.2. The van der Waals surface area contributed by atoms with Crippen LogP contribution in [0, 0.1) is 13.8 Å². The predicted molar refractivity (Wildman–Crippen MR) is 119 cm³/mol. The van der Waals surface area contributed by atoms with Crippen LogP contribution in [-0.2, 0) is 27.3 Å². The second kappa shape index (κ2) is 9.69. The Kier molecular flexibility index (Phi) is 6.53. The fraction of sp³-hybridized carbons (Fsp3) is 0.304. The molecule has 0 fully saturated rings. The second-order valence-electron chi connectivity index (χ2n) is 7.49. The number of rotatable bonds is 8. The Hall–Kier alpha value is -4.28. The van der Waals surface area contributed by atoms with Gasteiger partial charge in [-0.15, -0.1) is 10.2 Å². The van der Waals surface area contributed by atoms with Crippen molar-refractivity contribution >= 4 is 28.9 Å². The van der Waals surface area contributed by atoms with Crippen LogP contribution in [0.25, 0.3) is 22.6 Å². The number of furan rings is 1. The molecule has 0 unspecified atom stereocenters. The first-order chi connectivity index (χ1) is 16.4. The van der Waals surface area contributed by atoms with Crippen LogP contribution in [0.2, 0.25) is 0 Å². The number of nitrogens with two attached hydrogens (primary N) is 1. The van der Waals surface area contributed by atoms with Crippen LogP contribution in [0.3, 0.4) is 0 Å². The second-order valence-corrected chi connectivity index (χ2v) is 7.49. The van der Waals surface area contributed by atoms with E-state index in [0.717, 1.165) is 11.1 Å². The maximum Gasteiger partial charge on any atom is 0.342 e. The van der Waals surface area contributed by atoms with Crippen molar-refractivity contribution in [3.63, 3.8) is 0 Å². The van der Waals surface area contributed by atoms with Gasteiger partial charge in [-0.05, 0) is 32.9 Å². The summed E-state index contributed by atoms with van der Waals surface area (Å²) in [6.45, 7) is 5.28. The number of nitrogen functional groups attached to an aromatic ring is 1. The highest BCUT2D eigenvalue weighted by molar-refractivity contribution is 6.07. The molecule has 0 saturated heterocycles. The van der Waals surface area contributed by atoms with Gasteiger partial charge in [-0.1, -0.05) is 17.7 Å². The van der Waals surface area contributed by atoms with E-state index >= 15 is 0 Å². The van der Waals surface area contributed by atoms with Crippen molar-refractivity contribution in [3.8, 4) is 11.5 Å². The first-order valence-electron chi connectivity index (χ1n) is 10.6. The van der Waals surface area contributed by atoms with Gasteiger partial charge in [0.15, 0.2) is 12.4 Å². The van der Waals surface area contributed by atoms with Crippen LogP contribution in [0.1, 0.15) is 46.7 Å². The van der Waals surface area contributed by atoms with Crippen LogP contribution >= 0.6 is 0 Å². The maximum atomic E-state index is 12.2. The van der Waals surface area contributed by atoms with E-state index in [1.807, 2.05) is 31.2 Å². The molecule has 176 valence electrons. The van der Waals surface area contributed by atoms with Gasteiger partial charge in [0, 0.05) is 12.0 Å². The number of carbonyl (C=O) groups is 2. The van der Waals surface area contributed by atoms with Gasteiger partial charge in [-0.3, -0.25) is 4.79 Å². The van der Waals surface area contributed by atoms with Gasteiger partial charge in [0.25, 0.3) is 0 Å². The lowest BCUT2D eigenvalue weighted by atomic mass is 10.1. The molecular weight excluding hydrogens is 442 g/mol. The van der Waals surface area contributed by atoms with E-state index in [2.05, 4.69) is 20.2 Å². The van der Waals surface area contributed by atoms with Gasteiger partial charge in [-0.2, -0.15) is 4.98 Å². The van der Waals surface area contributed by atoms with Gasteiger partial charge in [0.05, 0.1) is 18.4 Å². The van der Waals surface area contributed by atoms with Crippen molar-refractivity contribution in [2.75, 3.05) is 12.3 Å². The molecule has 0 radical (unpaired) electrons. The van der Waals surface area contributed by atoms with Crippen molar-refractivity contribution in [1.82, 2.24) is 20.2 Å². The normalized spacial score (nSPS) is 11.0. The van der Waals surface area contributed by atoms with Gasteiger partial charge < -0.3 is 24.0 Å². The van der Waals surface area contributed by atoms with Gasteiger partial charge >= 0.3 is 11.9 Å². The monoisotopic (exact) mass is 465 g/mol. The molecule has 2 N–H and O–H groups in total. The zero-order chi connectivity index (χ0) is 24.2. The third-order valence-corrected chi connectivity index (χ3v) is 4.95. The van der Waals surface area contributed by atoms with Crippen molar-refractivity contribution in [3.05, 3.63) is 52.9 Å². The highest BCUT2D eigenvalue weighted by Crippen LogP contribution is 2.29. The average Bonchev–Trinajstić information content (AvgIpc) is 3.41. The number of nitrogens with zero attached hydrogens (tertiary/aromatic N) is 4. The Morgan fingerprint density at radius 2 is 1.79 bits per heavy atom. The van der Waals surface area contributed by atoms with Crippen molar-refractivity contribution < 1.29 is 27.9 Å². The third-order valence-electron chi connectivity index (χ3n) is 4.95. The van der Waals surface area contributed by atoms with Gasteiger partial charge in [-0.25, -0.2) is 9.78 Å². The number of esters is 2. The molecule has 34 heavy (non-hydrogen) atoms. The molecule has 1 aromatic carbocycles. The highest BCUT2D eigenvalue weighted by Gasteiger charge is 2.24. The minimum absolute atomic E-state index is 0.0279. The molecule has 3 heterocycles. The molecule has 0 aliphatic carbocycles. The number of carbonyl (C=O) groups excluding carboxylic acids is 2. The number of aryl methyl sites for hydroxylation is 3. The summed E-state index contributed by atoms with van der Waals surface area (Å²) in [6, 6.07) is 7.67. The summed E-state index contributed by atoms with van der Waals surface area (Å²) in [5.74, 6) is 0.129. The predicted octanol–water partition coefficient (Wildman–Crippen LogP) is 3.32. The summed E-state index contributed by atoms with van der Waals surface area (Å²) in [6.07, 6.45) is 0.250. The van der Waals surface area contributed by atoms with Crippen molar-refractivity contribution in [1.29, 1.82) is 0 Å². The lowest BCUT2D eigenvalue weighted by Gasteiger charge is -2.05. The summed E-state index contributed by atoms with van der Waals surface area (Å²) in [5.41, 5.74) is 8.24.